The van der Waals surface area contributed by atoms with Crippen LogP contribution in [0.25, 0.3) is 55.3 Å². The second kappa shape index (κ2) is 21.9. The number of pyridine rings is 2. The van der Waals surface area contributed by atoms with E-state index in [0.29, 0.717) is 59.6 Å². The molecule has 8 rings (SSSR count). The molecular weight excluding hydrogens is 890 g/mol. The highest BCUT2D eigenvalue weighted by molar-refractivity contribution is 6.34. The Morgan fingerprint density at radius 3 is 2.29 bits per heavy atom. The number of aryl methyl sites for hydroxylation is 2. The van der Waals surface area contributed by atoms with E-state index < -0.39 is 0 Å². The predicted octanol–water partition coefficient (Wildman–Crippen LogP) is 10.5. The zero-order valence-electron chi connectivity index (χ0n) is 39.0. The number of amides is 3. The van der Waals surface area contributed by atoms with Gasteiger partial charge in [0, 0.05) is 90.4 Å². The van der Waals surface area contributed by atoms with Gasteiger partial charge in [0.05, 0.1) is 16.1 Å². The molecule has 0 aliphatic rings. The van der Waals surface area contributed by atoms with Crippen LogP contribution in [0, 0.1) is 6.92 Å². The zero-order chi connectivity index (χ0) is 48.4. The van der Waals surface area contributed by atoms with Crippen LogP contribution in [0.1, 0.15) is 83.8 Å². The van der Waals surface area contributed by atoms with E-state index in [0.717, 1.165) is 99.5 Å². The van der Waals surface area contributed by atoms with Crippen molar-refractivity contribution in [3.8, 4) is 50.9 Å². The molecule has 0 saturated carbocycles. The summed E-state index contributed by atoms with van der Waals surface area (Å²) in [5.74, 6) is 0.507. The van der Waals surface area contributed by atoms with Crippen molar-refractivity contribution in [2.45, 2.75) is 65.2 Å². The molecule has 7 N–H and O–H groups in total. The Labute approximate surface area is 405 Å². The lowest BCUT2D eigenvalue weighted by Gasteiger charge is -2.16. The van der Waals surface area contributed by atoms with Gasteiger partial charge in [-0.3, -0.25) is 19.4 Å². The van der Waals surface area contributed by atoms with E-state index in [1.165, 1.54) is 0 Å². The van der Waals surface area contributed by atoms with Crippen molar-refractivity contribution in [2.75, 3.05) is 25.4 Å². The second-order valence-electron chi connectivity index (χ2n) is 17.1. The summed E-state index contributed by atoms with van der Waals surface area (Å²) >= 11 is 6.74. The molecule has 0 unspecified atom stereocenters. The number of halogens is 1. The number of nitrogens with zero attached hydrogens (tertiary/aromatic N) is 4. The minimum Gasteiger partial charge on any atom is -0.508 e. The third kappa shape index (κ3) is 11.5. The Morgan fingerprint density at radius 1 is 0.768 bits per heavy atom. The van der Waals surface area contributed by atoms with Crippen molar-refractivity contribution in [1.29, 1.82) is 0 Å². The number of nitrogens with two attached hydrogens (primary N) is 1. The van der Waals surface area contributed by atoms with E-state index in [1.54, 1.807) is 48.8 Å². The Balaban J connectivity index is 0.699. The van der Waals surface area contributed by atoms with Gasteiger partial charge in [0.1, 0.15) is 23.0 Å². The minimum atomic E-state index is -0.334. The highest BCUT2D eigenvalue weighted by Crippen LogP contribution is 2.37. The van der Waals surface area contributed by atoms with Gasteiger partial charge < -0.3 is 41.1 Å². The molecule has 0 radical (unpaired) electrons. The summed E-state index contributed by atoms with van der Waals surface area (Å²) in [6.07, 6.45) is 12.0. The minimum absolute atomic E-state index is 0.0522. The normalized spacial score (nSPS) is 11.2. The van der Waals surface area contributed by atoms with Gasteiger partial charge in [-0.1, -0.05) is 74.5 Å². The topological polar surface area (TPSA) is 202 Å². The average Bonchev–Trinajstić information content (AvgIpc) is 3.93. The molecule has 3 amide bonds. The third-order valence-corrected chi connectivity index (χ3v) is 12.6. The fourth-order valence-electron chi connectivity index (χ4n) is 8.54. The number of carbonyl (C=O) groups excluding carboxylic acids is 3. The van der Waals surface area contributed by atoms with Gasteiger partial charge in [-0.15, -0.1) is 0 Å². The number of aromatic amines is 1. The molecule has 14 nitrogen and oxygen atoms in total. The van der Waals surface area contributed by atoms with Gasteiger partial charge in [0.25, 0.3) is 17.8 Å². The number of H-pyrrole nitrogens is 1. The average molecular weight is 947 g/mol. The van der Waals surface area contributed by atoms with E-state index in [1.807, 2.05) is 57.4 Å². The third-order valence-electron chi connectivity index (χ3n) is 12.3. The van der Waals surface area contributed by atoms with Crippen LogP contribution in [-0.4, -0.2) is 67.0 Å². The lowest BCUT2D eigenvalue weighted by Crippen LogP contribution is -2.34. The van der Waals surface area contributed by atoms with Crippen LogP contribution < -0.4 is 26.4 Å². The van der Waals surface area contributed by atoms with E-state index in [-0.39, 0.29) is 35.7 Å². The fourth-order valence-corrected chi connectivity index (χ4v) is 8.81. The summed E-state index contributed by atoms with van der Waals surface area (Å²) in [7, 11) is 2.02. The van der Waals surface area contributed by atoms with Crippen LogP contribution in [0.3, 0.4) is 0 Å². The number of fused-ring (bicyclic) bond motifs is 2. The molecule has 4 heterocycles. The van der Waals surface area contributed by atoms with E-state index in [9.17, 15) is 19.5 Å². The zero-order valence-corrected chi connectivity index (χ0v) is 39.8. The number of unbranched alkanes of at least 4 members (excludes halogenated alkanes) is 5. The summed E-state index contributed by atoms with van der Waals surface area (Å²) in [6, 6.07) is 28.2. The quantitative estimate of drug-likeness (QED) is 0.0402. The van der Waals surface area contributed by atoms with Gasteiger partial charge in [0.15, 0.2) is 0 Å². The molecule has 15 heteroatoms. The number of imidazole rings is 1. The molecule has 0 spiro atoms. The number of nitrogens with one attached hydrogen (secondary N) is 4. The van der Waals surface area contributed by atoms with Gasteiger partial charge in [0.2, 0.25) is 5.91 Å². The maximum absolute atomic E-state index is 13.2. The number of carbonyl (C=O) groups is 3. The fraction of sp³-hybridized carbons (Fsp3) is 0.259. The lowest BCUT2D eigenvalue weighted by atomic mass is 9.92. The standard InChI is InChI=1S/C54H56ClN9O5/c1-4-40-43(32-61-51(56)50(40)34-13-17-38(65)18-14-34)37-15-20-45(60-31-37)53(68)59-25-24-57-49(66)11-9-7-5-6-8-10-23-58-52(67)41-28-39(19-12-33(41)2)69-54-62-46-29-42(44(55)30-47(46)63-54)35-16-21-48-36(27-35)22-26-64(48)3/h12-22,26-32,65H,4-11,23-25H2,1-3H3,(H2,56,61)(H,57,66)(H,58,67)(H,59,68)(H,62,63). The van der Waals surface area contributed by atoms with E-state index in [4.69, 9.17) is 22.1 Å². The molecule has 0 aliphatic carbocycles. The number of hydrogen-bond donors (Lipinski definition) is 6. The summed E-state index contributed by atoms with van der Waals surface area (Å²) in [6.45, 7) is 5.07. The van der Waals surface area contributed by atoms with Crippen LogP contribution in [0.5, 0.6) is 17.5 Å². The first-order valence-corrected chi connectivity index (χ1v) is 23.7. The molecule has 8 aromatic rings. The smallest absolute Gasteiger partial charge is 0.300 e. The number of aromatic hydroxyl groups is 1. The molecule has 0 fully saturated rings. The SMILES string of the molecule is CCc1c(-c2ccc(C(=O)NCCNC(=O)CCCCCCCCNC(=O)c3cc(Oc4nc5cc(-c6ccc7c(ccn7C)c6)c(Cl)cc5[nH]4)ccc3C)nc2)cnc(N)c1-c1ccc(O)cc1. The molecule has 0 atom stereocenters. The first kappa shape index (κ1) is 47.8. The molecule has 69 heavy (non-hydrogen) atoms. The molecule has 0 bridgehead atoms. The number of phenols is 1. The maximum Gasteiger partial charge on any atom is 0.300 e. The van der Waals surface area contributed by atoms with Crippen LogP contribution in [0.2, 0.25) is 5.02 Å². The van der Waals surface area contributed by atoms with E-state index in [2.05, 4.69) is 64.7 Å². The van der Waals surface area contributed by atoms with Crippen molar-refractivity contribution in [3.05, 3.63) is 137 Å². The predicted molar refractivity (Wildman–Crippen MR) is 273 cm³/mol. The summed E-state index contributed by atoms with van der Waals surface area (Å²) < 4.78 is 8.18. The van der Waals surface area contributed by atoms with Crippen LogP contribution in [0.15, 0.2) is 110 Å². The van der Waals surface area contributed by atoms with Crippen LogP contribution in [-0.2, 0) is 18.3 Å². The molecule has 0 saturated heterocycles. The molecule has 4 aromatic carbocycles. The van der Waals surface area contributed by atoms with Crippen molar-refractivity contribution < 1.29 is 24.2 Å². The number of aromatic nitrogens is 5. The summed E-state index contributed by atoms with van der Waals surface area (Å²) in [5, 5.41) is 20.2. The number of ether oxygens (including phenoxy) is 1. The Hall–Kier alpha value is -7.71. The number of anilines is 1. The molecule has 4 aromatic heterocycles. The monoisotopic (exact) mass is 945 g/mol. The molecule has 0 aliphatic heterocycles. The Morgan fingerprint density at radius 2 is 1.51 bits per heavy atom. The number of rotatable bonds is 20. The van der Waals surface area contributed by atoms with Gasteiger partial charge >= 0.3 is 0 Å². The number of hydrogen-bond acceptors (Lipinski definition) is 9. The summed E-state index contributed by atoms with van der Waals surface area (Å²) in [4.78, 5) is 55.1. The lowest BCUT2D eigenvalue weighted by molar-refractivity contribution is -0.121. The van der Waals surface area contributed by atoms with Crippen molar-refractivity contribution in [3.63, 3.8) is 0 Å². The van der Waals surface area contributed by atoms with Crippen molar-refractivity contribution in [1.82, 2.24) is 40.5 Å². The molecular formula is C54H56ClN9O5. The largest absolute Gasteiger partial charge is 0.508 e. The van der Waals surface area contributed by atoms with Gasteiger partial charge in [-0.05, 0) is 109 Å². The van der Waals surface area contributed by atoms with Crippen molar-refractivity contribution >= 4 is 57.1 Å². The summed E-state index contributed by atoms with van der Waals surface area (Å²) in [5.41, 5.74) is 16.7. The Bertz CT molecular complexity index is 3130. The maximum atomic E-state index is 13.2. The molecule has 354 valence electrons. The van der Waals surface area contributed by atoms with Crippen molar-refractivity contribution in [2.24, 2.45) is 7.05 Å². The van der Waals surface area contributed by atoms with Crippen LogP contribution >= 0.6 is 11.6 Å². The van der Waals surface area contributed by atoms with Crippen LogP contribution in [0.4, 0.5) is 5.82 Å². The number of nitrogen functional groups attached to an aromatic ring is 1. The highest BCUT2D eigenvalue weighted by atomic mass is 35.5. The first-order chi connectivity index (χ1) is 33.4. The number of benzene rings is 4. The van der Waals surface area contributed by atoms with Gasteiger partial charge in [-0.2, -0.15) is 4.98 Å². The Kier molecular flexibility index (Phi) is 15.2. The van der Waals surface area contributed by atoms with E-state index >= 15 is 0 Å². The number of phenolic OH excluding ortho intramolecular Hbond substituents is 1. The second-order valence-corrected chi connectivity index (χ2v) is 17.6. The van der Waals surface area contributed by atoms with Gasteiger partial charge in [-0.25, -0.2) is 4.98 Å². The highest BCUT2D eigenvalue weighted by Gasteiger charge is 2.18. The first-order valence-electron chi connectivity index (χ1n) is 23.3.